The smallest absolute Gasteiger partial charge is 0.349 e. The van der Waals surface area contributed by atoms with Crippen LogP contribution in [0.4, 0.5) is 5.69 Å². The number of carbonyl (C=O) groups is 1. The number of anilines is 1. The predicted molar refractivity (Wildman–Crippen MR) is 94.0 cm³/mol. The fourth-order valence-corrected chi connectivity index (χ4v) is 2.77. The number of hydrogen-bond acceptors (Lipinski definition) is 3. The van der Waals surface area contributed by atoms with Crippen molar-refractivity contribution in [2.75, 3.05) is 5.32 Å². The third-order valence-corrected chi connectivity index (χ3v) is 4.08. The molecule has 0 atom stereocenters. The highest BCUT2D eigenvalue weighted by atomic mass is 79.9. The third-order valence-electron chi connectivity index (χ3n) is 3.59. The Labute approximate surface area is 141 Å². The summed E-state index contributed by atoms with van der Waals surface area (Å²) in [7, 11) is 0. The number of amides is 1. The zero-order chi connectivity index (χ0) is 16.4. The lowest BCUT2D eigenvalue weighted by atomic mass is 10.1. The zero-order valence-corrected chi connectivity index (χ0v) is 14.0. The van der Waals surface area contributed by atoms with E-state index in [-0.39, 0.29) is 5.56 Å². The first-order valence-electron chi connectivity index (χ1n) is 7.21. The van der Waals surface area contributed by atoms with E-state index in [0.717, 1.165) is 16.5 Å². The van der Waals surface area contributed by atoms with E-state index in [1.54, 1.807) is 24.3 Å². The van der Waals surface area contributed by atoms with E-state index in [1.807, 2.05) is 31.2 Å². The second kappa shape index (κ2) is 6.38. The molecule has 0 aliphatic carbocycles. The molecule has 3 rings (SSSR count). The van der Waals surface area contributed by atoms with Crippen molar-refractivity contribution in [2.45, 2.75) is 13.3 Å². The number of carbonyl (C=O) groups excluding carboxylic acids is 1. The molecule has 1 N–H and O–H groups in total. The van der Waals surface area contributed by atoms with Gasteiger partial charge < -0.3 is 9.73 Å². The fraction of sp³-hybridized carbons (Fsp3) is 0.111. The standard InChI is InChI=1S/C18H14BrNO3/c1-2-11-5-3-4-6-15(11)20-17(21)14-10-12-9-13(19)7-8-16(12)23-18(14)22/h3-10H,2H2,1H3,(H,20,21). The van der Waals surface area contributed by atoms with E-state index in [9.17, 15) is 9.59 Å². The van der Waals surface area contributed by atoms with Crippen LogP contribution in [-0.4, -0.2) is 5.91 Å². The predicted octanol–water partition coefficient (Wildman–Crippen LogP) is 4.37. The first-order valence-corrected chi connectivity index (χ1v) is 8.00. The van der Waals surface area contributed by atoms with Crippen LogP contribution in [0.25, 0.3) is 11.0 Å². The van der Waals surface area contributed by atoms with Crippen molar-refractivity contribution < 1.29 is 9.21 Å². The molecule has 3 aromatic rings. The first kappa shape index (κ1) is 15.5. The number of aryl methyl sites for hydroxylation is 1. The highest BCUT2D eigenvalue weighted by Gasteiger charge is 2.15. The maximum atomic E-state index is 12.4. The molecule has 1 amide bonds. The molecular weight excluding hydrogens is 358 g/mol. The van der Waals surface area contributed by atoms with Crippen LogP contribution in [0.15, 0.2) is 62.2 Å². The summed E-state index contributed by atoms with van der Waals surface area (Å²) in [6.07, 6.45) is 0.787. The van der Waals surface area contributed by atoms with E-state index in [2.05, 4.69) is 21.2 Å². The molecular formula is C18H14BrNO3. The molecule has 2 aromatic carbocycles. The van der Waals surface area contributed by atoms with Crippen LogP contribution in [0.2, 0.25) is 0 Å². The van der Waals surface area contributed by atoms with Gasteiger partial charge in [0.05, 0.1) is 0 Å². The highest BCUT2D eigenvalue weighted by Crippen LogP contribution is 2.20. The Kier molecular flexibility index (Phi) is 4.30. The molecule has 0 aliphatic rings. The zero-order valence-electron chi connectivity index (χ0n) is 12.4. The van der Waals surface area contributed by atoms with Crippen LogP contribution in [-0.2, 0) is 6.42 Å². The normalized spacial score (nSPS) is 10.7. The molecule has 4 nitrogen and oxygen atoms in total. The van der Waals surface area contributed by atoms with Crippen molar-refractivity contribution in [1.82, 2.24) is 0 Å². The van der Waals surface area contributed by atoms with Crippen LogP contribution in [0.1, 0.15) is 22.8 Å². The maximum Gasteiger partial charge on any atom is 0.349 e. The van der Waals surface area contributed by atoms with Gasteiger partial charge in [-0.2, -0.15) is 0 Å². The van der Waals surface area contributed by atoms with Gasteiger partial charge in [-0.3, -0.25) is 4.79 Å². The molecule has 0 bridgehead atoms. The number of benzene rings is 2. The van der Waals surface area contributed by atoms with Gasteiger partial charge in [-0.05, 0) is 42.3 Å². The third kappa shape index (κ3) is 3.19. The lowest BCUT2D eigenvalue weighted by Gasteiger charge is -2.09. The average Bonchev–Trinajstić information content (AvgIpc) is 2.55. The van der Waals surface area contributed by atoms with Gasteiger partial charge in [-0.25, -0.2) is 4.79 Å². The maximum absolute atomic E-state index is 12.4. The minimum absolute atomic E-state index is 0.0125. The molecule has 0 fully saturated rings. The fourth-order valence-electron chi connectivity index (χ4n) is 2.39. The summed E-state index contributed by atoms with van der Waals surface area (Å²) in [6.45, 7) is 2.01. The largest absolute Gasteiger partial charge is 0.422 e. The van der Waals surface area contributed by atoms with Gasteiger partial charge in [0, 0.05) is 15.5 Å². The quantitative estimate of drug-likeness (QED) is 0.695. The number of nitrogens with one attached hydrogen (secondary N) is 1. The van der Waals surface area contributed by atoms with Gasteiger partial charge in [0.1, 0.15) is 11.1 Å². The SMILES string of the molecule is CCc1ccccc1NC(=O)c1cc2cc(Br)ccc2oc1=O. The summed E-state index contributed by atoms with van der Waals surface area (Å²) in [5.74, 6) is -0.471. The summed E-state index contributed by atoms with van der Waals surface area (Å²) in [5.41, 5.74) is 1.50. The Balaban J connectivity index is 2.00. The number of para-hydroxylation sites is 1. The molecule has 0 aliphatic heterocycles. The lowest BCUT2D eigenvalue weighted by molar-refractivity contribution is 0.102. The number of rotatable bonds is 3. The monoisotopic (exact) mass is 371 g/mol. The summed E-state index contributed by atoms with van der Waals surface area (Å²) in [4.78, 5) is 24.5. The summed E-state index contributed by atoms with van der Waals surface area (Å²) in [5, 5.41) is 3.48. The Morgan fingerprint density at radius 3 is 2.74 bits per heavy atom. The minimum atomic E-state index is -0.647. The van der Waals surface area contributed by atoms with E-state index < -0.39 is 11.5 Å². The van der Waals surface area contributed by atoms with Crippen LogP contribution in [0.5, 0.6) is 0 Å². The highest BCUT2D eigenvalue weighted by molar-refractivity contribution is 9.10. The van der Waals surface area contributed by atoms with Gasteiger partial charge >= 0.3 is 5.63 Å². The van der Waals surface area contributed by atoms with Crippen molar-refractivity contribution in [3.63, 3.8) is 0 Å². The second-order valence-electron chi connectivity index (χ2n) is 5.09. The van der Waals surface area contributed by atoms with E-state index in [4.69, 9.17) is 4.42 Å². The van der Waals surface area contributed by atoms with Gasteiger partial charge in [-0.1, -0.05) is 41.1 Å². The van der Waals surface area contributed by atoms with Crippen LogP contribution >= 0.6 is 15.9 Å². The van der Waals surface area contributed by atoms with Crippen LogP contribution < -0.4 is 10.9 Å². The van der Waals surface area contributed by atoms with Crippen molar-refractivity contribution >= 4 is 38.5 Å². The van der Waals surface area contributed by atoms with Gasteiger partial charge in [-0.15, -0.1) is 0 Å². The van der Waals surface area contributed by atoms with Crippen molar-refractivity contribution in [3.05, 3.63) is 74.6 Å². The van der Waals surface area contributed by atoms with Crippen LogP contribution in [0, 0.1) is 0 Å². The molecule has 5 heteroatoms. The molecule has 0 radical (unpaired) electrons. The summed E-state index contributed by atoms with van der Waals surface area (Å²) >= 11 is 3.36. The van der Waals surface area contributed by atoms with Crippen LogP contribution in [0.3, 0.4) is 0 Å². The van der Waals surface area contributed by atoms with E-state index in [0.29, 0.717) is 16.7 Å². The number of hydrogen-bond donors (Lipinski definition) is 1. The van der Waals surface area contributed by atoms with Crippen molar-refractivity contribution in [2.24, 2.45) is 0 Å². The Morgan fingerprint density at radius 1 is 1.17 bits per heavy atom. The second-order valence-corrected chi connectivity index (χ2v) is 6.01. The lowest BCUT2D eigenvalue weighted by Crippen LogP contribution is -2.21. The van der Waals surface area contributed by atoms with E-state index in [1.165, 1.54) is 0 Å². The number of fused-ring (bicyclic) bond motifs is 1. The minimum Gasteiger partial charge on any atom is -0.422 e. The van der Waals surface area contributed by atoms with Crippen molar-refractivity contribution in [1.29, 1.82) is 0 Å². The molecule has 0 saturated carbocycles. The molecule has 0 unspecified atom stereocenters. The van der Waals surface area contributed by atoms with Gasteiger partial charge in [0.2, 0.25) is 0 Å². The Hall–Kier alpha value is -2.40. The average molecular weight is 372 g/mol. The molecule has 116 valence electrons. The Bertz CT molecular complexity index is 946. The molecule has 1 aromatic heterocycles. The first-order chi connectivity index (χ1) is 11.1. The summed E-state index contributed by atoms with van der Waals surface area (Å²) < 4.78 is 6.07. The van der Waals surface area contributed by atoms with Gasteiger partial charge in [0.25, 0.3) is 5.91 Å². The van der Waals surface area contributed by atoms with Gasteiger partial charge in [0.15, 0.2) is 0 Å². The topological polar surface area (TPSA) is 59.3 Å². The summed E-state index contributed by atoms with van der Waals surface area (Å²) in [6, 6.07) is 14.3. The molecule has 0 saturated heterocycles. The molecule has 0 spiro atoms. The van der Waals surface area contributed by atoms with E-state index >= 15 is 0 Å². The Morgan fingerprint density at radius 2 is 1.96 bits per heavy atom. The number of halogens is 1. The molecule has 1 heterocycles. The molecule has 23 heavy (non-hydrogen) atoms. The van der Waals surface area contributed by atoms with Crippen molar-refractivity contribution in [3.8, 4) is 0 Å².